The molecular weight excluding hydrogens is 525 g/mol. The fourth-order valence-corrected chi connectivity index (χ4v) is 5.11. The van der Waals surface area contributed by atoms with Crippen LogP contribution in [0, 0.1) is 0 Å². The Hall–Kier alpha value is -2.62. The lowest BCUT2D eigenvalue weighted by atomic mass is 10.2. The molecule has 1 amide bonds. The zero-order chi connectivity index (χ0) is 23.6. The maximum Gasteiger partial charge on any atom is 0.261 e. The van der Waals surface area contributed by atoms with Crippen LogP contribution in [0.4, 0.5) is 10.8 Å². The van der Waals surface area contributed by atoms with Crippen molar-refractivity contribution in [2.75, 3.05) is 10.0 Å². The Balaban J connectivity index is 1.44. The summed E-state index contributed by atoms with van der Waals surface area (Å²) in [4.78, 5) is 17.1. The minimum absolute atomic E-state index is 0.0769. The molecule has 0 atom stereocenters. The molecule has 1 heterocycles. The number of rotatable bonds is 6. The first-order valence-electron chi connectivity index (χ1n) is 9.32. The summed E-state index contributed by atoms with van der Waals surface area (Å²) in [7, 11) is -3.78. The van der Waals surface area contributed by atoms with Crippen molar-refractivity contribution in [2.24, 2.45) is 0 Å². The highest BCUT2D eigenvalue weighted by Crippen LogP contribution is 2.32. The van der Waals surface area contributed by atoms with Crippen molar-refractivity contribution in [2.45, 2.75) is 4.90 Å². The molecule has 0 unspecified atom stereocenters. The van der Waals surface area contributed by atoms with Gasteiger partial charge in [-0.2, -0.15) is 0 Å². The highest BCUT2D eigenvalue weighted by molar-refractivity contribution is 7.92. The van der Waals surface area contributed by atoms with E-state index in [9.17, 15) is 13.2 Å². The van der Waals surface area contributed by atoms with Crippen molar-refractivity contribution < 1.29 is 13.2 Å². The molecule has 33 heavy (non-hydrogen) atoms. The quantitative estimate of drug-likeness (QED) is 0.282. The summed E-state index contributed by atoms with van der Waals surface area (Å²) in [5, 5.41) is 6.34. The van der Waals surface area contributed by atoms with Gasteiger partial charge in [0.15, 0.2) is 5.13 Å². The Labute approximate surface area is 209 Å². The summed E-state index contributed by atoms with van der Waals surface area (Å²) >= 11 is 19.3. The molecule has 0 saturated heterocycles. The van der Waals surface area contributed by atoms with E-state index in [2.05, 4.69) is 15.0 Å². The first-order valence-corrected chi connectivity index (χ1v) is 12.8. The predicted octanol–water partition coefficient (Wildman–Crippen LogP) is 6.82. The lowest BCUT2D eigenvalue weighted by Gasteiger charge is -2.09. The summed E-state index contributed by atoms with van der Waals surface area (Å²) < 4.78 is 27.4. The van der Waals surface area contributed by atoms with Crippen LogP contribution in [0.2, 0.25) is 15.1 Å². The van der Waals surface area contributed by atoms with Gasteiger partial charge in [-0.05, 0) is 66.7 Å². The van der Waals surface area contributed by atoms with Gasteiger partial charge >= 0.3 is 0 Å². The molecule has 0 radical (unpaired) electrons. The van der Waals surface area contributed by atoms with Crippen LogP contribution >= 0.6 is 46.1 Å². The minimum Gasteiger partial charge on any atom is -0.298 e. The van der Waals surface area contributed by atoms with Crippen LogP contribution < -0.4 is 10.0 Å². The van der Waals surface area contributed by atoms with Crippen LogP contribution in [0.3, 0.4) is 0 Å². The molecule has 0 aliphatic carbocycles. The summed E-state index contributed by atoms with van der Waals surface area (Å²) in [5.74, 6) is -0.389. The summed E-state index contributed by atoms with van der Waals surface area (Å²) in [6.45, 7) is 0. The molecule has 2 N–H and O–H groups in total. The van der Waals surface area contributed by atoms with Crippen LogP contribution in [0.5, 0.6) is 0 Å². The van der Waals surface area contributed by atoms with E-state index in [0.717, 1.165) is 0 Å². The number of thiazole rings is 1. The molecule has 4 rings (SSSR count). The van der Waals surface area contributed by atoms with Gasteiger partial charge in [0.05, 0.1) is 15.6 Å². The highest BCUT2D eigenvalue weighted by Gasteiger charge is 2.15. The van der Waals surface area contributed by atoms with Crippen LogP contribution in [-0.2, 0) is 10.0 Å². The van der Waals surface area contributed by atoms with Crippen LogP contribution in [-0.4, -0.2) is 19.3 Å². The number of carbonyl (C=O) groups excluding carboxylic acids is 1. The van der Waals surface area contributed by atoms with Crippen molar-refractivity contribution in [3.63, 3.8) is 0 Å². The Bertz CT molecular complexity index is 1420. The minimum atomic E-state index is -3.78. The first-order chi connectivity index (χ1) is 15.7. The van der Waals surface area contributed by atoms with Crippen LogP contribution in [0.15, 0.2) is 77.0 Å². The SMILES string of the molecule is O=C(Nc1nc(-c2cc(Cl)ccc2Cl)cs1)c1ccc(NS(=O)(=O)c2ccc(Cl)cc2)cc1. The van der Waals surface area contributed by atoms with Crippen molar-refractivity contribution in [1.29, 1.82) is 0 Å². The van der Waals surface area contributed by atoms with Crippen LogP contribution in [0.1, 0.15) is 10.4 Å². The number of halogens is 3. The number of amides is 1. The van der Waals surface area contributed by atoms with Gasteiger partial charge in [-0.25, -0.2) is 13.4 Å². The average molecular weight is 539 g/mol. The van der Waals surface area contributed by atoms with Gasteiger partial charge in [-0.1, -0.05) is 34.8 Å². The Morgan fingerprint density at radius 3 is 2.24 bits per heavy atom. The Morgan fingerprint density at radius 2 is 1.55 bits per heavy atom. The van der Waals surface area contributed by atoms with Gasteiger partial charge in [-0.15, -0.1) is 11.3 Å². The molecule has 0 aliphatic heterocycles. The number of hydrogen-bond acceptors (Lipinski definition) is 5. The van der Waals surface area contributed by atoms with Crippen molar-refractivity contribution in [3.05, 3.63) is 92.7 Å². The molecule has 0 saturated carbocycles. The second kappa shape index (κ2) is 9.70. The number of sulfonamides is 1. The van der Waals surface area contributed by atoms with Gasteiger partial charge < -0.3 is 0 Å². The fraction of sp³-hybridized carbons (Fsp3) is 0. The van der Waals surface area contributed by atoms with Crippen molar-refractivity contribution in [1.82, 2.24) is 4.98 Å². The van der Waals surface area contributed by atoms with Gasteiger partial charge in [0.25, 0.3) is 15.9 Å². The summed E-state index contributed by atoms with van der Waals surface area (Å²) in [6.07, 6.45) is 0. The van der Waals surface area contributed by atoms with E-state index >= 15 is 0 Å². The van der Waals surface area contributed by atoms with E-state index < -0.39 is 10.0 Å². The zero-order valence-electron chi connectivity index (χ0n) is 16.6. The Kier molecular flexibility index (Phi) is 6.92. The van der Waals surface area contributed by atoms with Crippen molar-refractivity contribution >= 4 is 72.9 Å². The van der Waals surface area contributed by atoms with Gasteiger partial charge in [0, 0.05) is 32.2 Å². The van der Waals surface area contributed by atoms with E-state index in [1.165, 1.54) is 59.9 Å². The fourth-order valence-electron chi connectivity index (χ4n) is 2.84. The zero-order valence-corrected chi connectivity index (χ0v) is 20.5. The summed E-state index contributed by atoms with van der Waals surface area (Å²) in [5.41, 5.74) is 1.91. The van der Waals surface area contributed by atoms with Crippen molar-refractivity contribution in [3.8, 4) is 11.3 Å². The maximum absolute atomic E-state index is 12.6. The maximum atomic E-state index is 12.6. The molecule has 0 bridgehead atoms. The number of aromatic nitrogens is 1. The molecule has 3 aromatic carbocycles. The molecule has 0 aliphatic rings. The summed E-state index contributed by atoms with van der Waals surface area (Å²) in [6, 6.07) is 16.9. The van der Waals surface area contributed by atoms with Gasteiger partial charge in [0.1, 0.15) is 0 Å². The molecule has 6 nitrogen and oxygen atoms in total. The average Bonchev–Trinajstić information content (AvgIpc) is 3.24. The number of benzene rings is 3. The molecule has 0 fully saturated rings. The second-order valence-corrected chi connectivity index (χ2v) is 10.6. The third-order valence-corrected chi connectivity index (χ3v) is 7.42. The monoisotopic (exact) mass is 537 g/mol. The standard InChI is InChI=1S/C22H14Cl3N3O3S2/c23-14-3-8-17(9-4-14)33(30,31)28-16-6-1-13(2-7-16)21(29)27-22-26-20(12-32-22)18-11-15(24)5-10-19(18)25/h1-12,28H,(H,26,27,29). The highest BCUT2D eigenvalue weighted by atomic mass is 35.5. The smallest absolute Gasteiger partial charge is 0.261 e. The molecular formula is C22H14Cl3N3O3S2. The lowest BCUT2D eigenvalue weighted by Crippen LogP contribution is -2.14. The van der Waals surface area contributed by atoms with E-state index in [4.69, 9.17) is 34.8 Å². The molecule has 168 valence electrons. The van der Waals surface area contributed by atoms with Gasteiger partial charge in [0.2, 0.25) is 0 Å². The largest absolute Gasteiger partial charge is 0.298 e. The molecule has 4 aromatic rings. The topological polar surface area (TPSA) is 88.2 Å². The number of hydrogen-bond donors (Lipinski definition) is 2. The van der Waals surface area contributed by atoms with E-state index in [1.54, 1.807) is 23.6 Å². The van der Waals surface area contributed by atoms with E-state index in [1.807, 2.05) is 0 Å². The number of anilines is 2. The first kappa shape index (κ1) is 23.5. The number of nitrogens with one attached hydrogen (secondary N) is 2. The van der Waals surface area contributed by atoms with E-state index in [0.29, 0.717) is 42.7 Å². The van der Waals surface area contributed by atoms with E-state index in [-0.39, 0.29) is 10.8 Å². The van der Waals surface area contributed by atoms with Gasteiger partial charge in [-0.3, -0.25) is 14.8 Å². The third-order valence-electron chi connectivity index (χ3n) is 4.45. The molecule has 0 spiro atoms. The number of nitrogens with zero attached hydrogens (tertiary/aromatic N) is 1. The Morgan fingerprint density at radius 1 is 0.879 bits per heavy atom. The third kappa shape index (κ3) is 5.66. The predicted molar refractivity (Wildman–Crippen MR) is 134 cm³/mol. The molecule has 11 heteroatoms. The second-order valence-electron chi connectivity index (χ2n) is 6.75. The number of carbonyl (C=O) groups is 1. The normalized spacial score (nSPS) is 11.2. The lowest BCUT2D eigenvalue weighted by molar-refractivity contribution is 0.102. The molecule has 1 aromatic heterocycles. The van der Waals surface area contributed by atoms with Crippen LogP contribution in [0.25, 0.3) is 11.3 Å².